The molecule has 7 heteroatoms. The summed E-state index contributed by atoms with van der Waals surface area (Å²) in [4.78, 5) is 11.9. The third kappa shape index (κ3) is 3.08. The monoisotopic (exact) mass is 314 g/mol. The van der Waals surface area contributed by atoms with Crippen molar-refractivity contribution >= 4 is 39.8 Å². The van der Waals surface area contributed by atoms with Crippen LogP contribution in [0.4, 0.5) is 15.1 Å². The number of esters is 1. The van der Waals surface area contributed by atoms with Crippen LogP contribution < -0.4 is 5.32 Å². The van der Waals surface area contributed by atoms with Gasteiger partial charge in [-0.1, -0.05) is 11.6 Å². The summed E-state index contributed by atoms with van der Waals surface area (Å²) in [5.74, 6) is -0.869. The average molecular weight is 315 g/mol. The molecule has 0 saturated carbocycles. The van der Waals surface area contributed by atoms with Gasteiger partial charge in [-0.15, -0.1) is 0 Å². The van der Waals surface area contributed by atoms with Crippen LogP contribution >= 0.6 is 23.1 Å². The Hall–Kier alpha value is -1.66. The molecular formula is C13H12ClFN2O2S. The molecule has 0 fully saturated rings. The molecule has 0 atom stereocenters. The number of nitrogens with zero attached hydrogens (tertiary/aromatic N) is 1. The lowest BCUT2D eigenvalue weighted by Gasteiger charge is -2.08. The van der Waals surface area contributed by atoms with E-state index in [-0.39, 0.29) is 11.6 Å². The Morgan fingerprint density at radius 2 is 2.30 bits per heavy atom. The Balaban J connectivity index is 2.32. The molecule has 0 aliphatic carbocycles. The Morgan fingerprint density at radius 1 is 1.55 bits per heavy atom. The van der Waals surface area contributed by atoms with Gasteiger partial charge in [0, 0.05) is 0 Å². The van der Waals surface area contributed by atoms with Gasteiger partial charge < -0.3 is 10.1 Å². The zero-order valence-corrected chi connectivity index (χ0v) is 12.4. The third-order valence-corrected chi connectivity index (χ3v) is 3.69. The maximum atomic E-state index is 13.0. The molecule has 2 aromatic rings. The summed E-state index contributed by atoms with van der Waals surface area (Å²) >= 11 is 7.07. The predicted molar refractivity (Wildman–Crippen MR) is 77.5 cm³/mol. The van der Waals surface area contributed by atoms with Crippen LogP contribution in [0.1, 0.15) is 23.0 Å². The molecule has 2 rings (SSSR count). The van der Waals surface area contributed by atoms with Crippen molar-refractivity contribution in [3.8, 4) is 0 Å². The summed E-state index contributed by atoms with van der Waals surface area (Å²) in [5.41, 5.74) is 1.45. The molecule has 0 saturated heterocycles. The number of nitrogens with one attached hydrogen (secondary N) is 1. The Bertz CT molecular complexity index is 645. The molecule has 4 nitrogen and oxygen atoms in total. The second kappa shape index (κ2) is 6.19. The number of ether oxygens (including phenoxy) is 1. The van der Waals surface area contributed by atoms with Crippen molar-refractivity contribution in [1.29, 1.82) is 0 Å². The molecule has 0 radical (unpaired) electrons. The number of carbonyl (C=O) groups excluding carboxylic acids is 1. The fourth-order valence-electron chi connectivity index (χ4n) is 1.61. The number of halogens is 2. The van der Waals surface area contributed by atoms with Crippen LogP contribution in [0.3, 0.4) is 0 Å². The van der Waals surface area contributed by atoms with Crippen molar-refractivity contribution < 1.29 is 13.9 Å². The topological polar surface area (TPSA) is 51.2 Å². The lowest BCUT2D eigenvalue weighted by molar-refractivity contribution is 0.0527. The van der Waals surface area contributed by atoms with E-state index in [9.17, 15) is 9.18 Å². The smallest absolute Gasteiger partial charge is 0.343 e. The van der Waals surface area contributed by atoms with Crippen molar-refractivity contribution in [1.82, 2.24) is 4.37 Å². The zero-order valence-electron chi connectivity index (χ0n) is 10.9. The molecule has 0 aliphatic heterocycles. The molecule has 0 aliphatic rings. The molecule has 0 unspecified atom stereocenters. The highest BCUT2D eigenvalue weighted by Crippen LogP contribution is 2.32. The molecule has 106 valence electrons. The number of aromatic nitrogens is 1. The van der Waals surface area contributed by atoms with Crippen LogP contribution in [-0.4, -0.2) is 16.9 Å². The van der Waals surface area contributed by atoms with E-state index < -0.39 is 11.8 Å². The summed E-state index contributed by atoms with van der Waals surface area (Å²) in [5, 5.41) is 3.74. The van der Waals surface area contributed by atoms with Crippen molar-refractivity contribution in [2.24, 2.45) is 0 Å². The van der Waals surface area contributed by atoms with Crippen molar-refractivity contribution in [3.63, 3.8) is 0 Å². The molecule has 1 N–H and O–H groups in total. The number of hydrogen-bond donors (Lipinski definition) is 1. The van der Waals surface area contributed by atoms with E-state index in [0.717, 1.165) is 11.5 Å². The highest BCUT2D eigenvalue weighted by atomic mass is 35.5. The fourth-order valence-corrected chi connectivity index (χ4v) is 2.62. The Kier molecular flexibility index (Phi) is 4.57. The molecular weight excluding hydrogens is 303 g/mol. The van der Waals surface area contributed by atoms with Crippen molar-refractivity contribution in [2.75, 3.05) is 11.9 Å². The van der Waals surface area contributed by atoms with Gasteiger partial charge in [-0.05, 0) is 43.6 Å². The zero-order chi connectivity index (χ0) is 14.7. The highest BCUT2D eigenvalue weighted by molar-refractivity contribution is 7.10. The van der Waals surface area contributed by atoms with E-state index in [0.29, 0.717) is 21.9 Å². The van der Waals surface area contributed by atoms with Crippen molar-refractivity contribution in [3.05, 3.63) is 40.3 Å². The minimum atomic E-state index is -0.445. The van der Waals surface area contributed by atoms with Crippen LogP contribution in [0.15, 0.2) is 18.2 Å². The first-order valence-electron chi connectivity index (χ1n) is 5.88. The second-order valence-electron chi connectivity index (χ2n) is 3.94. The molecule has 20 heavy (non-hydrogen) atoms. The molecule has 1 aromatic carbocycles. The van der Waals surface area contributed by atoms with Crippen LogP contribution in [-0.2, 0) is 4.74 Å². The predicted octanol–water partition coefficient (Wildman–Crippen LogP) is 4.16. The van der Waals surface area contributed by atoms with Gasteiger partial charge in [0.15, 0.2) is 0 Å². The van der Waals surface area contributed by atoms with Crippen LogP contribution in [0, 0.1) is 12.7 Å². The second-order valence-corrected chi connectivity index (χ2v) is 5.12. The van der Waals surface area contributed by atoms with E-state index in [1.165, 1.54) is 18.2 Å². The maximum Gasteiger partial charge on any atom is 0.343 e. The molecule has 0 bridgehead atoms. The molecule has 1 heterocycles. The van der Waals surface area contributed by atoms with Crippen molar-refractivity contribution in [2.45, 2.75) is 13.8 Å². The quantitative estimate of drug-likeness (QED) is 0.861. The van der Waals surface area contributed by atoms with E-state index >= 15 is 0 Å². The van der Waals surface area contributed by atoms with E-state index in [2.05, 4.69) is 9.69 Å². The minimum Gasteiger partial charge on any atom is -0.462 e. The number of rotatable bonds is 4. The number of aryl methyl sites for hydroxylation is 1. The minimum absolute atomic E-state index is 0.228. The summed E-state index contributed by atoms with van der Waals surface area (Å²) in [6, 6.07) is 3.98. The highest BCUT2D eigenvalue weighted by Gasteiger charge is 2.20. The van der Waals surface area contributed by atoms with Crippen LogP contribution in [0.25, 0.3) is 0 Å². The normalized spacial score (nSPS) is 10.4. The summed E-state index contributed by atoms with van der Waals surface area (Å²) in [6.07, 6.45) is 0. The van der Waals surface area contributed by atoms with Gasteiger partial charge in [0.1, 0.15) is 16.4 Å². The first-order chi connectivity index (χ1) is 9.52. The number of carbonyl (C=O) groups is 1. The van der Waals surface area contributed by atoms with Gasteiger partial charge in [0.25, 0.3) is 0 Å². The number of benzene rings is 1. The van der Waals surface area contributed by atoms with Gasteiger partial charge in [-0.25, -0.2) is 9.18 Å². The van der Waals surface area contributed by atoms with E-state index in [1.54, 1.807) is 13.8 Å². The first-order valence-corrected chi connectivity index (χ1v) is 7.03. The maximum absolute atomic E-state index is 13.0. The Labute approximate surface area is 124 Å². The molecule has 0 amide bonds. The van der Waals surface area contributed by atoms with Crippen LogP contribution in [0.2, 0.25) is 5.02 Å². The van der Waals surface area contributed by atoms with E-state index in [1.807, 2.05) is 0 Å². The Morgan fingerprint density at radius 3 is 2.95 bits per heavy atom. The lowest BCUT2D eigenvalue weighted by atomic mass is 10.2. The summed E-state index contributed by atoms with van der Waals surface area (Å²) < 4.78 is 22.1. The number of hydrogen-bond acceptors (Lipinski definition) is 5. The molecule has 1 aromatic heterocycles. The van der Waals surface area contributed by atoms with Gasteiger partial charge in [-0.3, -0.25) is 0 Å². The third-order valence-electron chi connectivity index (χ3n) is 2.52. The SMILES string of the molecule is CCOC(=O)c1c(C)nsc1Nc1ccc(F)cc1Cl. The van der Waals surface area contributed by atoms with Gasteiger partial charge >= 0.3 is 5.97 Å². The lowest BCUT2D eigenvalue weighted by Crippen LogP contribution is -2.07. The summed E-state index contributed by atoms with van der Waals surface area (Å²) in [7, 11) is 0. The van der Waals surface area contributed by atoms with Gasteiger partial charge in [-0.2, -0.15) is 4.37 Å². The van der Waals surface area contributed by atoms with E-state index in [4.69, 9.17) is 16.3 Å². The van der Waals surface area contributed by atoms with Crippen LogP contribution in [0.5, 0.6) is 0 Å². The number of anilines is 2. The largest absolute Gasteiger partial charge is 0.462 e. The van der Waals surface area contributed by atoms with Gasteiger partial charge in [0.2, 0.25) is 0 Å². The first kappa shape index (κ1) is 14.7. The average Bonchev–Trinajstić information content (AvgIpc) is 2.74. The fraction of sp³-hybridized carbons (Fsp3) is 0.231. The summed E-state index contributed by atoms with van der Waals surface area (Å²) in [6.45, 7) is 3.74. The standard InChI is InChI=1S/C13H12ClFN2O2S/c1-3-19-13(18)11-7(2)17-20-12(11)16-10-5-4-8(15)6-9(10)14/h4-6,16H,3H2,1-2H3. The van der Waals surface area contributed by atoms with Gasteiger partial charge in [0.05, 0.1) is 23.0 Å². The molecule has 0 spiro atoms.